The van der Waals surface area contributed by atoms with Gasteiger partial charge in [-0.05, 0) is 43.9 Å². The van der Waals surface area contributed by atoms with E-state index < -0.39 is 0 Å². The van der Waals surface area contributed by atoms with Crippen molar-refractivity contribution in [2.45, 2.75) is 44.2 Å². The summed E-state index contributed by atoms with van der Waals surface area (Å²) in [5.74, 6) is 2.18. The molecule has 0 unspecified atom stereocenters. The van der Waals surface area contributed by atoms with Crippen LogP contribution in [0.1, 0.15) is 43.1 Å². The van der Waals surface area contributed by atoms with E-state index in [2.05, 4.69) is 42.6 Å². The highest BCUT2D eigenvalue weighted by Gasteiger charge is 2.31. The number of aromatic nitrogens is 6. The molecule has 4 heterocycles. The van der Waals surface area contributed by atoms with Crippen LogP contribution in [-0.2, 0) is 15.9 Å². The van der Waals surface area contributed by atoms with E-state index >= 15 is 0 Å². The molecule has 5 N–H and O–H groups in total. The number of nitrogens with zero attached hydrogens (tertiary/aromatic N) is 7. The first kappa shape index (κ1) is 33.4. The van der Waals surface area contributed by atoms with Crippen molar-refractivity contribution in [3.8, 4) is 17.0 Å². The molecule has 2 aliphatic rings. The first-order valence-electron chi connectivity index (χ1n) is 17.5. The van der Waals surface area contributed by atoms with E-state index in [0.29, 0.717) is 44.6 Å². The first-order chi connectivity index (χ1) is 24.1. The fourth-order valence-electron chi connectivity index (χ4n) is 7.39. The Hall–Kier alpha value is -4.14. The van der Waals surface area contributed by atoms with Crippen molar-refractivity contribution in [2.75, 3.05) is 78.5 Å². The topological polar surface area (TPSA) is 158 Å². The molecule has 2 aromatic carbocycles. The minimum absolute atomic E-state index is 0.261. The maximum Gasteiger partial charge on any atom is 0.164 e. The zero-order chi connectivity index (χ0) is 33.6. The smallest absolute Gasteiger partial charge is 0.164 e. The van der Waals surface area contributed by atoms with Crippen molar-refractivity contribution in [3.63, 3.8) is 0 Å². The number of fused-ring (bicyclic) bond motifs is 2. The van der Waals surface area contributed by atoms with Crippen LogP contribution in [0.3, 0.4) is 0 Å². The lowest BCUT2D eigenvalue weighted by Gasteiger charge is -2.42. The Balaban J connectivity index is 0.994. The number of anilines is 1. The fraction of sp³-hybridized carbons (Fsp3) is 0.500. The SMILES string of the molecule is COc1ccccc1Cc1nc2ccc(-c3nn([C@H]4CC[C@H](N5CCN(CCOCCOCCN)CC5)CC4)c4ncnc(N)c34)cc2[nH]1. The van der Waals surface area contributed by atoms with Crippen molar-refractivity contribution < 1.29 is 14.2 Å². The summed E-state index contributed by atoms with van der Waals surface area (Å²) in [7, 11) is 1.69. The molecule has 1 saturated heterocycles. The third kappa shape index (κ3) is 7.55. The van der Waals surface area contributed by atoms with Crippen LogP contribution in [0.2, 0.25) is 0 Å². The van der Waals surface area contributed by atoms with Crippen LogP contribution in [0.15, 0.2) is 48.8 Å². The number of para-hydroxylation sites is 1. The Morgan fingerprint density at radius 1 is 0.898 bits per heavy atom. The van der Waals surface area contributed by atoms with E-state index in [1.807, 2.05) is 24.3 Å². The number of nitrogen functional groups attached to an aromatic ring is 1. The highest BCUT2D eigenvalue weighted by atomic mass is 16.5. The van der Waals surface area contributed by atoms with Crippen LogP contribution in [0.25, 0.3) is 33.3 Å². The number of nitrogens with two attached hydrogens (primary N) is 2. The van der Waals surface area contributed by atoms with E-state index in [9.17, 15) is 0 Å². The molecular formula is C36H48N10O3. The van der Waals surface area contributed by atoms with Crippen molar-refractivity contribution in [2.24, 2.45) is 5.73 Å². The van der Waals surface area contributed by atoms with Gasteiger partial charge in [-0.3, -0.25) is 9.80 Å². The van der Waals surface area contributed by atoms with Crippen LogP contribution in [0, 0.1) is 0 Å². The van der Waals surface area contributed by atoms with Gasteiger partial charge in [0.2, 0.25) is 0 Å². The Labute approximate surface area is 286 Å². The molecule has 7 rings (SSSR count). The van der Waals surface area contributed by atoms with E-state index in [4.69, 9.17) is 40.7 Å². The van der Waals surface area contributed by atoms with Crippen LogP contribution in [-0.4, -0.2) is 118 Å². The zero-order valence-corrected chi connectivity index (χ0v) is 28.4. The molecule has 1 saturated carbocycles. The van der Waals surface area contributed by atoms with Crippen molar-refractivity contribution in [3.05, 3.63) is 60.2 Å². The van der Waals surface area contributed by atoms with Gasteiger partial charge in [0.25, 0.3) is 0 Å². The number of rotatable bonds is 14. The number of piperazine rings is 1. The number of nitrogens with one attached hydrogen (secondary N) is 1. The summed E-state index contributed by atoms with van der Waals surface area (Å²) in [5, 5.41) is 6.00. The molecule has 0 atom stereocenters. The zero-order valence-electron chi connectivity index (χ0n) is 28.4. The predicted molar refractivity (Wildman–Crippen MR) is 191 cm³/mol. The highest BCUT2D eigenvalue weighted by molar-refractivity contribution is 5.99. The molecule has 3 aromatic heterocycles. The van der Waals surface area contributed by atoms with Gasteiger partial charge < -0.3 is 30.7 Å². The van der Waals surface area contributed by atoms with Gasteiger partial charge in [-0.1, -0.05) is 24.3 Å². The summed E-state index contributed by atoms with van der Waals surface area (Å²) in [6.07, 6.45) is 6.58. The number of methoxy groups -OCH3 is 1. The van der Waals surface area contributed by atoms with Gasteiger partial charge in [0.1, 0.15) is 29.4 Å². The summed E-state index contributed by atoms with van der Waals surface area (Å²) in [4.78, 5) is 22.6. The number of benzene rings is 2. The van der Waals surface area contributed by atoms with Gasteiger partial charge in [-0.25, -0.2) is 19.6 Å². The Bertz CT molecular complexity index is 1820. The Morgan fingerprint density at radius 3 is 2.47 bits per heavy atom. The second kappa shape index (κ2) is 15.6. The molecular weight excluding hydrogens is 620 g/mol. The largest absolute Gasteiger partial charge is 0.496 e. The molecule has 0 radical (unpaired) electrons. The molecule has 0 bridgehead atoms. The third-order valence-electron chi connectivity index (χ3n) is 9.99. The first-order valence-corrected chi connectivity index (χ1v) is 17.5. The van der Waals surface area contributed by atoms with E-state index in [1.165, 1.54) is 0 Å². The molecule has 260 valence electrons. The number of H-pyrrole nitrogens is 1. The van der Waals surface area contributed by atoms with Crippen LogP contribution in [0.5, 0.6) is 5.75 Å². The average Bonchev–Trinajstić information content (AvgIpc) is 3.73. The molecule has 1 aliphatic carbocycles. The summed E-state index contributed by atoms with van der Waals surface area (Å²) in [6, 6.07) is 15.1. The summed E-state index contributed by atoms with van der Waals surface area (Å²) in [6.45, 7) is 8.45. The van der Waals surface area contributed by atoms with Crippen molar-refractivity contribution in [1.29, 1.82) is 0 Å². The summed E-state index contributed by atoms with van der Waals surface area (Å²) in [5.41, 5.74) is 17.4. The van der Waals surface area contributed by atoms with Gasteiger partial charge in [0.05, 0.1) is 56.0 Å². The van der Waals surface area contributed by atoms with Crippen molar-refractivity contribution in [1.82, 2.24) is 39.5 Å². The van der Waals surface area contributed by atoms with Gasteiger partial charge in [-0.15, -0.1) is 0 Å². The third-order valence-corrected chi connectivity index (χ3v) is 9.99. The number of hydrogen-bond donors (Lipinski definition) is 3. The molecule has 0 amide bonds. The molecule has 1 aliphatic heterocycles. The van der Waals surface area contributed by atoms with Crippen LogP contribution < -0.4 is 16.2 Å². The number of ether oxygens (including phenoxy) is 3. The van der Waals surface area contributed by atoms with Crippen molar-refractivity contribution >= 4 is 27.9 Å². The second-order valence-corrected chi connectivity index (χ2v) is 13.0. The lowest BCUT2D eigenvalue weighted by molar-refractivity contribution is 0.0257. The van der Waals surface area contributed by atoms with E-state index in [-0.39, 0.29) is 6.04 Å². The minimum atomic E-state index is 0.261. The van der Waals surface area contributed by atoms with E-state index in [1.54, 1.807) is 13.4 Å². The number of imidazole rings is 1. The predicted octanol–water partition coefficient (Wildman–Crippen LogP) is 3.64. The molecule has 13 nitrogen and oxygen atoms in total. The summed E-state index contributed by atoms with van der Waals surface area (Å²) >= 11 is 0. The highest BCUT2D eigenvalue weighted by Crippen LogP contribution is 2.37. The minimum Gasteiger partial charge on any atom is -0.496 e. The molecule has 49 heavy (non-hydrogen) atoms. The number of hydrogen-bond acceptors (Lipinski definition) is 11. The number of aromatic amines is 1. The van der Waals surface area contributed by atoms with Gasteiger partial charge >= 0.3 is 0 Å². The molecule has 2 fully saturated rings. The summed E-state index contributed by atoms with van der Waals surface area (Å²) < 4.78 is 18.8. The van der Waals surface area contributed by atoms with Gasteiger partial charge in [0, 0.05) is 62.9 Å². The lowest BCUT2D eigenvalue weighted by Crippen LogP contribution is -2.51. The fourth-order valence-corrected chi connectivity index (χ4v) is 7.39. The lowest BCUT2D eigenvalue weighted by atomic mass is 9.90. The van der Waals surface area contributed by atoms with Crippen LogP contribution in [0.4, 0.5) is 5.82 Å². The normalized spacial score (nSPS) is 19.2. The van der Waals surface area contributed by atoms with E-state index in [0.717, 1.165) is 115 Å². The molecule has 5 aromatic rings. The average molecular weight is 669 g/mol. The Kier molecular flexibility index (Phi) is 10.6. The molecule has 13 heteroatoms. The Morgan fingerprint density at radius 2 is 1.67 bits per heavy atom. The standard InChI is InChI=1S/C36H48N10O3/c1-47-31-5-3-2-4-25(31)23-32-41-29-11-6-26(22-30(29)42-32)34-33-35(38)39-24-40-36(33)46(43-34)28-9-7-27(8-10-28)45-15-13-44(14-16-45)17-19-49-21-20-48-18-12-37/h2-6,11,22,24,27-28H,7-10,12-21,23,37H2,1H3,(H,41,42)(H2,38,39,40)/t27-,28-. The van der Waals surface area contributed by atoms with Gasteiger partial charge in [0.15, 0.2) is 5.65 Å². The molecule has 0 spiro atoms. The van der Waals surface area contributed by atoms with Gasteiger partial charge in [-0.2, -0.15) is 5.10 Å². The maximum atomic E-state index is 6.50. The quantitative estimate of drug-likeness (QED) is 0.148. The maximum absolute atomic E-state index is 6.50. The monoisotopic (exact) mass is 668 g/mol. The second-order valence-electron chi connectivity index (χ2n) is 13.0. The van der Waals surface area contributed by atoms with Crippen LogP contribution >= 0.6 is 0 Å².